The molecule has 24 heavy (non-hydrogen) atoms. The van der Waals surface area contributed by atoms with E-state index in [2.05, 4.69) is 10.3 Å². The van der Waals surface area contributed by atoms with Crippen molar-refractivity contribution in [2.75, 3.05) is 5.32 Å². The molecule has 124 valence electrons. The first kappa shape index (κ1) is 17.5. The number of Topliss-reactive ketones (excluding diaryl/α,β-unsaturated/α-hetero) is 2. The lowest BCUT2D eigenvalue weighted by Crippen LogP contribution is -2.15. The Morgan fingerprint density at radius 1 is 1.00 bits per heavy atom. The normalized spacial score (nSPS) is 10.2. The van der Waals surface area contributed by atoms with E-state index in [9.17, 15) is 14.4 Å². The van der Waals surface area contributed by atoms with Crippen LogP contribution in [0.5, 0.6) is 0 Å². The van der Waals surface area contributed by atoms with Crippen LogP contribution in [0.4, 0.5) is 5.69 Å². The quantitative estimate of drug-likeness (QED) is 0.626. The van der Waals surface area contributed by atoms with Gasteiger partial charge in [-0.2, -0.15) is 0 Å². The third-order valence-corrected chi connectivity index (χ3v) is 3.66. The fraction of sp³-hybridized carbons (Fsp3) is 0.263. The van der Waals surface area contributed by atoms with E-state index in [1.807, 2.05) is 32.0 Å². The van der Waals surface area contributed by atoms with Crippen LogP contribution in [-0.4, -0.2) is 22.5 Å². The van der Waals surface area contributed by atoms with Crippen molar-refractivity contribution in [1.82, 2.24) is 4.98 Å². The van der Waals surface area contributed by atoms with Crippen LogP contribution in [0.15, 0.2) is 42.7 Å². The van der Waals surface area contributed by atoms with Crippen LogP contribution < -0.4 is 5.32 Å². The first-order valence-electron chi connectivity index (χ1n) is 7.78. The molecule has 2 aromatic rings. The summed E-state index contributed by atoms with van der Waals surface area (Å²) in [4.78, 5) is 39.6. The van der Waals surface area contributed by atoms with Gasteiger partial charge in [-0.3, -0.25) is 19.4 Å². The number of pyridine rings is 1. The van der Waals surface area contributed by atoms with Gasteiger partial charge in [0, 0.05) is 36.5 Å². The predicted octanol–water partition coefficient (Wildman–Crippen LogP) is 3.26. The molecule has 0 atom stereocenters. The summed E-state index contributed by atoms with van der Waals surface area (Å²) >= 11 is 0. The molecule has 5 heteroatoms. The van der Waals surface area contributed by atoms with E-state index in [1.165, 1.54) is 12.4 Å². The van der Waals surface area contributed by atoms with Crippen LogP contribution in [0.2, 0.25) is 0 Å². The lowest BCUT2D eigenvalue weighted by atomic mass is 10.0. The van der Waals surface area contributed by atoms with E-state index in [0.29, 0.717) is 5.56 Å². The molecule has 1 amide bonds. The van der Waals surface area contributed by atoms with E-state index in [-0.39, 0.29) is 36.7 Å². The van der Waals surface area contributed by atoms with E-state index in [0.717, 1.165) is 16.8 Å². The number of carbonyl (C=O) groups excluding carboxylic acids is 3. The van der Waals surface area contributed by atoms with Crippen molar-refractivity contribution in [2.45, 2.75) is 33.1 Å². The number of hydrogen-bond donors (Lipinski definition) is 1. The van der Waals surface area contributed by atoms with Gasteiger partial charge in [0.1, 0.15) is 5.78 Å². The standard InChI is InChI=1S/C19H20N2O3/c1-13-3-4-14(2)17(11-13)21-19(24)6-5-16(22)12-18(23)15-7-9-20-10-8-15/h3-4,7-11H,5-6,12H2,1-2H3,(H,21,24). The van der Waals surface area contributed by atoms with Gasteiger partial charge in [-0.05, 0) is 43.2 Å². The van der Waals surface area contributed by atoms with Gasteiger partial charge in [-0.15, -0.1) is 0 Å². The molecule has 1 aromatic carbocycles. The van der Waals surface area contributed by atoms with Crippen LogP contribution >= 0.6 is 0 Å². The topological polar surface area (TPSA) is 76.1 Å². The van der Waals surface area contributed by atoms with Gasteiger partial charge in [0.15, 0.2) is 5.78 Å². The number of nitrogens with one attached hydrogen (secondary N) is 1. The summed E-state index contributed by atoms with van der Waals surface area (Å²) in [6.45, 7) is 3.86. The molecule has 0 bridgehead atoms. The van der Waals surface area contributed by atoms with E-state index < -0.39 is 0 Å². The van der Waals surface area contributed by atoms with Crippen LogP contribution in [0.1, 0.15) is 40.7 Å². The Kier molecular flexibility index (Phi) is 5.95. The molecule has 1 heterocycles. The third-order valence-electron chi connectivity index (χ3n) is 3.66. The summed E-state index contributed by atoms with van der Waals surface area (Å²) in [5.41, 5.74) is 3.22. The van der Waals surface area contributed by atoms with E-state index >= 15 is 0 Å². The number of benzene rings is 1. The second kappa shape index (κ2) is 8.15. The summed E-state index contributed by atoms with van der Waals surface area (Å²) in [7, 11) is 0. The van der Waals surface area contributed by atoms with Gasteiger partial charge in [-0.25, -0.2) is 0 Å². The molecule has 0 aliphatic rings. The van der Waals surface area contributed by atoms with Gasteiger partial charge in [0.05, 0.1) is 6.42 Å². The Bertz CT molecular complexity index is 754. The Labute approximate surface area is 141 Å². The number of ketones is 2. The summed E-state index contributed by atoms with van der Waals surface area (Å²) in [6, 6.07) is 8.94. The van der Waals surface area contributed by atoms with Crippen molar-refractivity contribution in [3.63, 3.8) is 0 Å². The number of aryl methyl sites for hydroxylation is 2. The van der Waals surface area contributed by atoms with Gasteiger partial charge in [0.25, 0.3) is 0 Å². The Balaban J connectivity index is 1.82. The van der Waals surface area contributed by atoms with E-state index in [4.69, 9.17) is 0 Å². The number of carbonyl (C=O) groups is 3. The SMILES string of the molecule is Cc1ccc(C)c(NC(=O)CCC(=O)CC(=O)c2ccncc2)c1. The number of hydrogen-bond acceptors (Lipinski definition) is 4. The molecular weight excluding hydrogens is 304 g/mol. The first-order valence-corrected chi connectivity index (χ1v) is 7.78. The van der Waals surface area contributed by atoms with Crippen LogP contribution in [-0.2, 0) is 9.59 Å². The highest BCUT2D eigenvalue weighted by Crippen LogP contribution is 2.16. The molecule has 0 spiro atoms. The second-order valence-electron chi connectivity index (χ2n) is 5.74. The first-order chi connectivity index (χ1) is 11.5. The van der Waals surface area contributed by atoms with Crippen molar-refractivity contribution < 1.29 is 14.4 Å². The highest BCUT2D eigenvalue weighted by atomic mass is 16.2. The van der Waals surface area contributed by atoms with E-state index in [1.54, 1.807) is 12.1 Å². The maximum atomic E-state index is 12.0. The molecule has 0 aliphatic carbocycles. The largest absolute Gasteiger partial charge is 0.326 e. The number of anilines is 1. The molecule has 0 saturated heterocycles. The molecule has 0 fully saturated rings. The zero-order chi connectivity index (χ0) is 17.5. The zero-order valence-electron chi connectivity index (χ0n) is 13.8. The van der Waals surface area contributed by atoms with Crippen LogP contribution in [0.25, 0.3) is 0 Å². The maximum absolute atomic E-state index is 12.0. The molecule has 1 N–H and O–H groups in total. The van der Waals surface area contributed by atoms with Crippen LogP contribution in [0.3, 0.4) is 0 Å². The fourth-order valence-electron chi connectivity index (χ4n) is 2.24. The summed E-state index contributed by atoms with van der Waals surface area (Å²) in [5.74, 6) is -0.723. The van der Waals surface area contributed by atoms with Gasteiger partial charge >= 0.3 is 0 Å². The van der Waals surface area contributed by atoms with Crippen molar-refractivity contribution in [3.05, 3.63) is 59.4 Å². The second-order valence-corrected chi connectivity index (χ2v) is 5.74. The van der Waals surface area contributed by atoms with Gasteiger partial charge in [0.2, 0.25) is 5.91 Å². The summed E-state index contributed by atoms with van der Waals surface area (Å²) in [6.07, 6.45) is 2.94. The van der Waals surface area contributed by atoms with Crippen molar-refractivity contribution in [1.29, 1.82) is 0 Å². The van der Waals surface area contributed by atoms with Crippen molar-refractivity contribution in [3.8, 4) is 0 Å². The Hall–Kier alpha value is -2.82. The van der Waals surface area contributed by atoms with Gasteiger partial charge in [-0.1, -0.05) is 12.1 Å². The molecule has 1 aromatic heterocycles. The molecule has 0 aliphatic heterocycles. The molecule has 0 saturated carbocycles. The highest BCUT2D eigenvalue weighted by molar-refractivity contribution is 6.08. The molecule has 2 rings (SSSR count). The van der Waals surface area contributed by atoms with Crippen LogP contribution in [0, 0.1) is 13.8 Å². The predicted molar refractivity (Wildman–Crippen MR) is 92.0 cm³/mol. The maximum Gasteiger partial charge on any atom is 0.224 e. The zero-order valence-corrected chi connectivity index (χ0v) is 13.8. The lowest BCUT2D eigenvalue weighted by Gasteiger charge is -2.09. The fourth-order valence-corrected chi connectivity index (χ4v) is 2.24. The van der Waals surface area contributed by atoms with Crippen molar-refractivity contribution in [2.24, 2.45) is 0 Å². The van der Waals surface area contributed by atoms with Gasteiger partial charge < -0.3 is 5.32 Å². The molecule has 5 nitrogen and oxygen atoms in total. The number of nitrogens with zero attached hydrogens (tertiary/aromatic N) is 1. The monoisotopic (exact) mass is 324 g/mol. The minimum atomic E-state index is -0.252. The summed E-state index contributed by atoms with van der Waals surface area (Å²) in [5, 5.41) is 2.81. The molecule has 0 radical (unpaired) electrons. The number of rotatable bonds is 7. The Morgan fingerprint density at radius 2 is 1.71 bits per heavy atom. The Morgan fingerprint density at radius 3 is 2.42 bits per heavy atom. The average molecular weight is 324 g/mol. The average Bonchev–Trinajstić information content (AvgIpc) is 2.57. The lowest BCUT2D eigenvalue weighted by molar-refractivity contribution is -0.122. The third kappa shape index (κ3) is 5.12. The summed E-state index contributed by atoms with van der Waals surface area (Å²) < 4.78 is 0. The minimum absolute atomic E-state index is 0.0491. The molecule has 0 unspecified atom stereocenters. The minimum Gasteiger partial charge on any atom is -0.326 e. The number of amides is 1. The smallest absolute Gasteiger partial charge is 0.224 e. The highest BCUT2D eigenvalue weighted by Gasteiger charge is 2.13. The number of aromatic nitrogens is 1. The van der Waals surface area contributed by atoms with Crippen molar-refractivity contribution >= 4 is 23.2 Å². The molecular formula is C19H20N2O3.